The highest BCUT2D eigenvalue weighted by Gasteiger charge is 2.26. The van der Waals surface area contributed by atoms with Crippen molar-refractivity contribution < 1.29 is 0 Å². The highest BCUT2D eigenvalue weighted by molar-refractivity contribution is 4.79. The lowest BCUT2D eigenvalue weighted by atomic mass is 9.77. The van der Waals surface area contributed by atoms with Crippen LogP contribution in [0, 0.1) is 11.3 Å². The van der Waals surface area contributed by atoms with Gasteiger partial charge < -0.3 is 9.47 Å². The van der Waals surface area contributed by atoms with E-state index in [4.69, 9.17) is 0 Å². The summed E-state index contributed by atoms with van der Waals surface area (Å²) in [6.45, 7) is 11.9. The number of rotatable bonds is 3. The van der Waals surface area contributed by atoms with Crippen LogP contribution in [0.5, 0.6) is 0 Å². The maximum atomic E-state index is 4.09. The van der Waals surface area contributed by atoms with E-state index in [0.29, 0.717) is 5.41 Å². The van der Waals surface area contributed by atoms with Gasteiger partial charge in [-0.3, -0.25) is 0 Å². The standard InChI is InChI=1S/C15H27N3/c1-15(2,3)14-5-4-8-17(9-6-14)11-12-18-10-7-16-13-18/h7,10,13-14H,4-6,8-9,11-12H2,1-3H3/t14-/m1/s1. The molecular formula is C15H27N3. The molecule has 1 atom stereocenters. The molecule has 2 rings (SSSR count). The van der Waals surface area contributed by atoms with Gasteiger partial charge in [0.25, 0.3) is 0 Å². The summed E-state index contributed by atoms with van der Waals surface area (Å²) in [4.78, 5) is 6.71. The number of nitrogens with zero attached hydrogens (tertiary/aromatic N) is 3. The molecule has 102 valence electrons. The van der Waals surface area contributed by atoms with Gasteiger partial charge in [0, 0.05) is 25.5 Å². The van der Waals surface area contributed by atoms with Crippen LogP contribution in [-0.2, 0) is 6.54 Å². The van der Waals surface area contributed by atoms with E-state index in [0.717, 1.165) is 19.0 Å². The molecule has 3 heteroatoms. The molecule has 0 spiro atoms. The van der Waals surface area contributed by atoms with E-state index in [9.17, 15) is 0 Å². The van der Waals surface area contributed by atoms with Crippen LogP contribution in [-0.4, -0.2) is 34.1 Å². The van der Waals surface area contributed by atoms with Crippen molar-refractivity contribution in [2.24, 2.45) is 11.3 Å². The van der Waals surface area contributed by atoms with Gasteiger partial charge in [0.1, 0.15) is 0 Å². The Labute approximate surface area is 111 Å². The summed E-state index contributed by atoms with van der Waals surface area (Å²) in [5.41, 5.74) is 0.473. The van der Waals surface area contributed by atoms with Crippen molar-refractivity contribution in [1.82, 2.24) is 14.5 Å². The Bertz CT molecular complexity index is 337. The van der Waals surface area contributed by atoms with Crippen LogP contribution in [0.25, 0.3) is 0 Å². The minimum Gasteiger partial charge on any atom is -0.336 e. The van der Waals surface area contributed by atoms with Crippen molar-refractivity contribution in [3.8, 4) is 0 Å². The smallest absolute Gasteiger partial charge is 0.0946 e. The van der Waals surface area contributed by atoms with Crippen LogP contribution in [0.15, 0.2) is 18.7 Å². The van der Waals surface area contributed by atoms with Crippen LogP contribution in [0.4, 0.5) is 0 Å². The molecule has 0 unspecified atom stereocenters. The zero-order chi connectivity index (χ0) is 13.0. The molecule has 2 heterocycles. The molecule has 0 radical (unpaired) electrons. The molecule has 1 aromatic rings. The number of hydrogen-bond donors (Lipinski definition) is 0. The Hall–Kier alpha value is -0.830. The normalized spacial score (nSPS) is 22.9. The third kappa shape index (κ3) is 3.84. The van der Waals surface area contributed by atoms with E-state index < -0.39 is 0 Å². The van der Waals surface area contributed by atoms with Crippen molar-refractivity contribution in [3.63, 3.8) is 0 Å². The molecule has 3 nitrogen and oxygen atoms in total. The molecule has 1 aliphatic heterocycles. The minimum absolute atomic E-state index is 0.473. The quantitative estimate of drug-likeness (QED) is 0.821. The summed E-state index contributed by atoms with van der Waals surface area (Å²) >= 11 is 0. The lowest BCUT2D eigenvalue weighted by Crippen LogP contribution is -2.29. The molecule has 0 aromatic carbocycles. The molecule has 18 heavy (non-hydrogen) atoms. The zero-order valence-corrected chi connectivity index (χ0v) is 12.1. The highest BCUT2D eigenvalue weighted by atomic mass is 15.2. The first kappa shape index (κ1) is 13.6. The molecule has 0 bridgehead atoms. The lowest BCUT2D eigenvalue weighted by molar-refractivity contribution is 0.206. The van der Waals surface area contributed by atoms with Gasteiger partial charge in [-0.25, -0.2) is 4.98 Å². The number of hydrogen-bond acceptors (Lipinski definition) is 2. The fraction of sp³-hybridized carbons (Fsp3) is 0.800. The molecule has 1 aliphatic rings. The average Bonchev–Trinajstić information content (AvgIpc) is 2.69. The van der Waals surface area contributed by atoms with E-state index in [1.54, 1.807) is 0 Å². The molecule has 0 N–H and O–H groups in total. The first-order valence-electron chi connectivity index (χ1n) is 7.24. The van der Waals surface area contributed by atoms with Crippen LogP contribution in [0.1, 0.15) is 40.0 Å². The highest BCUT2D eigenvalue weighted by Crippen LogP contribution is 2.34. The molecule has 0 aliphatic carbocycles. The van der Waals surface area contributed by atoms with E-state index in [1.165, 1.54) is 32.4 Å². The third-order valence-electron chi connectivity index (χ3n) is 4.28. The second kappa shape index (κ2) is 5.87. The van der Waals surface area contributed by atoms with Crippen molar-refractivity contribution >= 4 is 0 Å². The number of imidazole rings is 1. The molecule has 1 fully saturated rings. The molecule has 0 saturated carbocycles. The Balaban J connectivity index is 1.78. The summed E-state index contributed by atoms with van der Waals surface area (Å²) in [5.74, 6) is 0.885. The van der Waals surface area contributed by atoms with Crippen molar-refractivity contribution in [3.05, 3.63) is 18.7 Å². The maximum Gasteiger partial charge on any atom is 0.0946 e. The Morgan fingerprint density at radius 1 is 1.17 bits per heavy atom. The fourth-order valence-corrected chi connectivity index (χ4v) is 2.92. The van der Waals surface area contributed by atoms with Gasteiger partial charge in [-0.2, -0.15) is 0 Å². The van der Waals surface area contributed by atoms with Gasteiger partial charge >= 0.3 is 0 Å². The zero-order valence-electron chi connectivity index (χ0n) is 12.1. The topological polar surface area (TPSA) is 21.1 Å². The van der Waals surface area contributed by atoms with E-state index >= 15 is 0 Å². The fourth-order valence-electron chi connectivity index (χ4n) is 2.92. The molecule has 1 saturated heterocycles. The van der Waals surface area contributed by atoms with Gasteiger partial charge in [-0.1, -0.05) is 20.8 Å². The van der Waals surface area contributed by atoms with Gasteiger partial charge in [0.05, 0.1) is 6.33 Å². The first-order valence-corrected chi connectivity index (χ1v) is 7.24. The SMILES string of the molecule is CC(C)(C)[C@@H]1CCCN(CCn2ccnc2)CC1. The van der Waals surface area contributed by atoms with Crippen LogP contribution < -0.4 is 0 Å². The summed E-state index contributed by atoms with van der Waals surface area (Å²) in [7, 11) is 0. The Morgan fingerprint density at radius 2 is 2.00 bits per heavy atom. The van der Waals surface area contributed by atoms with Crippen molar-refractivity contribution in [2.75, 3.05) is 19.6 Å². The predicted octanol–water partition coefficient (Wildman–Crippen LogP) is 3.03. The van der Waals surface area contributed by atoms with Crippen molar-refractivity contribution in [2.45, 2.75) is 46.6 Å². The van der Waals surface area contributed by atoms with Gasteiger partial charge in [0.15, 0.2) is 0 Å². The number of likely N-dealkylation sites (tertiary alicyclic amines) is 1. The van der Waals surface area contributed by atoms with Crippen molar-refractivity contribution in [1.29, 1.82) is 0 Å². The minimum atomic E-state index is 0.473. The third-order valence-corrected chi connectivity index (χ3v) is 4.28. The van der Waals surface area contributed by atoms with Gasteiger partial charge in [-0.15, -0.1) is 0 Å². The van der Waals surface area contributed by atoms with E-state index in [2.05, 4.69) is 41.4 Å². The molecule has 0 amide bonds. The van der Waals surface area contributed by atoms with Crippen LogP contribution in [0.2, 0.25) is 0 Å². The second-order valence-corrected chi connectivity index (χ2v) is 6.64. The Morgan fingerprint density at radius 3 is 2.67 bits per heavy atom. The van der Waals surface area contributed by atoms with E-state index in [1.807, 2.05) is 12.5 Å². The summed E-state index contributed by atoms with van der Waals surface area (Å²) in [6.07, 6.45) is 9.92. The Kier molecular flexibility index (Phi) is 4.44. The second-order valence-electron chi connectivity index (χ2n) is 6.64. The molecular weight excluding hydrogens is 222 g/mol. The van der Waals surface area contributed by atoms with E-state index in [-0.39, 0.29) is 0 Å². The largest absolute Gasteiger partial charge is 0.336 e. The molecule has 1 aromatic heterocycles. The predicted molar refractivity (Wildman–Crippen MR) is 75.5 cm³/mol. The summed E-state index contributed by atoms with van der Waals surface area (Å²) in [5, 5.41) is 0. The maximum absolute atomic E-state index is 4.09. The first-order chi connectivity index (χ1) is 8.55. The van der Waals surface area contributed by atoms with Crippen LogP contribution in [0.3, 0.4) is 0 Å². The van der Waals surface area contributed by atoms with Gasteiger partial charge in [0.2, 0.25) is 0 Å². The van der Waals surface area contributed by atoms with Crippen LogP contribution >= 0.6 is 0 Å². The summed E-state index contributed by atoms with van der Waals surface area (Å²) < 4.78 is 2.17. The summed E-state index contributed by atoms with van der Waals surface area (Å²) in [6, 6.07) is 0. The average molecular weight is 249 g/mol. The number of aromatic nitrogens is 2. The van der Waals surface area contributed by atoms with Gasteiger partial charge in [-0.05, 0) is 43.7 Å². The monoisotopic (exact) mass is 249 g/mol. The lowest BCUT2D eigenvalue weighted by Gasteiger charge is -2.29.